The van der Waals surface area contributed by atoms with Gasteiger partial charge in [-0.25, -0.2) is 4.79 Å². The van der Waals surface area contributed by atoms with E-state index in [2.05, 4.69) is 0 Å². The molecule has 100 valence electrons. The summed E-state index contributed by atoms with van der Waals surface area (Å²) in [6.45, 7) is 6.84. The molecule has 1 aromatic carbocycles. The molecular formula is C14H15NO4. The Morgan fingerprint density at radius 1 is 1.21 bits per heavy atom. The Bertz CT molecular complexity index is 584. The number of rotatable bonds is 1. The smallest absolute Gasteiger partial charge is 0.332 e. The number of carbonyl (C=O) groups is 3. The molecule has 1 heterocycles. The minimum absolute atomic E-state index is 0.270. The van der Waals surface area contributed by atoms with E-state index in [-0.39, 0.29) is 5.56 Å². The predicted octanol–water partition coefficient (Wildman–Crippen LogP) is 2.03. The first-order chi connectivity index (χ1) is 8.71. The molecule has 0 N–H and O–H groups in total. The molecule has 0 spiro atoms. The van der Waals surface area contributed by atoms with Crippen molar-refractivity contribution in [2.45, 2.75) is 27.7 Å². The Balaban J connectivity index is 2.37. The summed E-state index contributed by atoms with van der Waals surface area (Å²) in [5.74, 6) is -2.05. The molecule has 1 aliphatic rings. The number of ketones is 1. The summed E-state index contributed by atoms with van der Waals surface area (Å²) >= 11 is 0. The lowest BCUT2D eigenvalue weighted by atomic mass is 9.98. The number of anilines is 1. The monoisotopic (exact) mass is 261 g/mol. The van der Waals surface area contributed by atoms with Gasteiger partial charge in [0.2, 0.25) is 0 Å². The average Bonchev–Trinajstić information content (AvgIpc) is 2.53. The van der Waals surface area contributed by atoms with E-state index in [0.717, 1.165) is 10.6 Å². The van der Waals surface area contributed by atoms with Gasteiger partial charge in [0, 0.05) is 0 Å². The predicted molar refractivity (Wildman–Crippen MR) is 68.5 cm³/mol. The molecule has 0 bridgehead atoms. The lowest BCUT2D eigenvalue weighted by Crippen LogP contribution is -2.36. The van der Waals surface area contributed by atoms with Gasteiger partial charge in [0.05, 0.1) is 16.7 Å². The SMILES string of the molecule is Cc1ccc2c(c1)C(=O)C(=O)N2OC(=O)C(C)(C)C. The van der Waals surface area contributed by atoms with Gasteiger partial charge in [-0.1, -0.05) is 11.6 Å². The van der Waals surface area contributed by atoms with E-state index in [0.29, 0.717) is 5.69 Å². The Hall–Kier alpha value is -2.17. The van der Waals surface area contributed by atoms with E-state index in [4.69, 9.17) is 4.84 Å². The first kappa shape index (κ1) is 13.3. The molecule has 1 aliphatic heterocycles. The van der Waals surface area contributed by atoms with Crippen molar-refractivity contribution >= 4 is 23.3 Å². The molecule has 1 aromatic rings. The van der Waals surface area contributed by atoms with Crippen LogP contribution >= 0.6 is 0 Å². The molecule has 5 nitrogen and oxygen atoms in total. The van der Waals surface area contributed by atoms with Crippen molar-refractivity contribution in [3.8, 4) is 0 Å². The summed E-state index contributed by atoms with van der Waals surface area (Å²) in [4.78, 5) is 40.5. The largest absolute Gasteiger partial charge is 0.338 e. The van der Waals surface area contributed by atoms with E-state index in [1.165, 1.54) is 0 Å². The van der Waals surface area contributed by atoms with Crippen LogP contribution in [0.3, 0.4) is 0 Å². The molecule has 0 fully saturated rings. The normalized spacial score (nSPS) is 14.6. The number of Topliss-reactive ketones (excluding diaryl/α,β-unsaturated/α-hetero) is 1. The molecule has 0 unspecified atom stereocenters. The Kier molecular flexibility index (Phi) is 2.92. The van der Waals surface area contributed by atoms with Crippen LogP contribution in [0.2, 0.25) is 0 Å². The van der Waals surface area contributed by atoms with E-state index in [9.17, 15) is 14.4 Å². The maximum atomic E-state index is 11.8. The summed E-state index contributed by atoms with van der Waals surface area (Å²) in [6, 6.07) is 4.96. The Morgan fingerprint density at radius 3 is 2.42 bits per heavy atom. The number of fused-ring (bicyclic) bond motifs is 1. The topological polar surface area (TPSA) is 63.7 Å². The second-order valence-electron chi connectivity index (χ2n) is 5.58. The second-order valence-corrected chi connectivity index (χ2v) is 5.58. The first-order valence-corrected chi connectivity index (χ1v) is 5.93. The zero-order chi connectivity index (χ0) is 14.4. The van der Waals surface area contributed by atoms with Gasteiger partial charge < -0.3 is 4.84 Å². The van der Waals surface area contributed by atoms with Crippen LogP contribution in [0.15, 0.2) is 18.2 Å². The van der Waals surface area contributed by atoms with Gasteiger partial charge >= 0.3 is 11.9 Å². The van der Waals surface area contributed by atoms with Crippen molar-refractivity contribution in [3.63, 3.8) is 0 Å². The van der Waals surface area contributed by atoms with Crippen LogP contribution in [0.5, 0.6) is 0 Å². The van der Waals surface area contributed by atoms with Crippen molar-refractivity contribution in [2.75, 3.05) is 5.06 Å². The highest BCUT2D eigenvalue weighted by Crippen LogP contribution is 2.31. The lowest BCUT2D eigenvalue weighted by molar-refractivity contribution is -0.157. The van der Waals surface area contributed by atoms with Crippen LogP contribution in [0.1, 0.15) is 36.7 Å². The zero-order valence-corrected chi connectivity index (χ0v) is 11.3. The highest BCUT2D eigenvalue weighted by Gasteiger charge is 2.40. The van der Waals surface area contributed by atoms with Crippen LogP contribution < -0.4 is 5.06 Å². The maximum Gasteiger partial charge on any atom is 0.338 e. The van der Waals surface area contributed by atoms with Gasteiger partial charge in [-0.2, -0.15) is 0 Å². The molecular weight excluding hydrogens is 246 g/mol. The third-order valence-corrected chi connectivity index (χ3v) is 2.78. The maximum absolute atomic E-state index is 11.8. The van der Waals surface area contributed by atoms with Crippen LogP contribution in [-0.2, 0) is 14.4 Å². The Morgan fingerprint density at radius 2 is 1.84 bits per heavy atom. The van der Waals surface area contributed by atoms with Gasteiger partial charge in [0.15, 0.2) is 0 Å². The number of hydrogen-bond donors (Lipinski definition) is 0. The van der Waals surface area contributed by atoms with Crippen LogP contribution in [0.25, 0.3) is 0 Å². The van der Waals surface area contributed by atoms with Crippen molar-refractivity contribution in [3.05, 3.63) is 29.3 Å². The van der Waals surface area contributed by atoms with Crippen LogP contribution in [0.4, 0.5) is 5.69 Å². The third kappa shape index (κ3) is 2.23. The number of nitrogens with zero attached hydrogens (tertiary/aromatic N) is 1. The lowest BCUT2D eigenvalue weighted by Gasteiger charge is -2.21. The number of benzene rings is 1. The van der Waals surface area contributed by atoms with Crippen molar-refractivity contribution in [1.82, 2.24) is 0 Å². The van der Waals surface area contributed by atoms with Gasteiger partial charge in [-0.3, -0.25) is 9.59 Å². The van der Waals surface area contributed by atoms with Crippen LogP contribution in [-0.4, -0.2) is 17.7 Å². The van der Waals surface area contributed by atoms with E-state index in [1.54, 1.807) is 39.0 Å². The summed E-state index contributed by atoms with van der Waals surface area (Å²) < 4.78 is 0. The third-order valence-electron chi connectivity index (χ3n) is 2.78. The molecule has 0 atom stereocenters. The van der Waals surface area contributed by atoms with Crippen molar-refractivity contribution < 1.29 is 19.2 Å². The molecule has 0 aliphatic carbocycles. The molecule has 2 rings (SSSR count). The summed E-state index contributed by atoms with van der Waals surface area (Å²) in [6.07, 6.45) is 0. The molecule has 0 radical (unpaired) electrons. The van der Waals surface area contributed by atoms with Gasteiger partial charge in [-0.05, 0) is 39.8 Å². The first-order valence-electron chi connectivity index (χ1n) is 5.93. The van der Waals surface area contributed by atoms with Gasteiger partial charge in [-0.15, -0.1) is 5.06 Å². The summed E-state index contributed by atoms with van der Waals surface area (Å²) in [7, 11) is 0. The van der Waals surface area contributed by atoms with E-state index < -0.39 is 23.1 Å². The molecule has 0 saturated carbocycles. The molecule has 5 heteroatoms. The number of amides is 1. The fourth-order valence-corrected chi connectivity index (χ4v) is 1.64. The average molecular weight is 261 g/mol. The Labute approximate surface area is 111 Å². The number of aryl methyl sites for hydroxylation is 1. The quantitative estimate of drug-likeness (QED) is 0.725. The highest BCUT2D eigenvalue weighted by molar-refractivity contribution is 6.51. The van der Waals surface area contributed by atoms with Gasteiger partial charge in [0.25, 0.3) is 5.78 Å². The molecule has 0 saturated heterocycles. The second kappa shape index (κ2) is 4.19. The fraction of sp³-hybridized carbons (Fsp3) is 0.357. The summed E-state index contributed by atoms with van der Waals surface area (Å²) in [5.41, 5.74) is 0.699. The summed E-state index contributed by atoms with van der Waals surface area (Å²) in [5, 5.41) is 0.782. The number of hydrogen-bond acceptors (Lipinski definition) is 4. The highest BCUT2D eigenvalue weighted by atomic mass is 16.7. The van der Waals surface area contributed by atoms with Gasteiger partial charge in [0.1, 0.15) is 0 Å². The standard InChI is InChI=1S/C14H15NO4/c1-8-5-6-10-9(7-8)11(16)12(17)15(10)19-13(18)14(2,3)4/h5-7H,1-4H3. The van der Waals surface area contributed by atoms with Crippen molar-refractivity contribution in [2.24, 2.45) is 5.41 Å². The van der Waals surface area contributed by atoms with Crippen molar-refractivity contribution in [1.29, 1.82) is 0 Å². The number of carbonyl (C=O) groups excluding carboxylic acids is 3. The van der Waals surface area contributed by atoms with E-state index in [1.807, 2.05) is 6.92 Å². The molecule has 0 aromatic heterocycles. The fourth-order valence-electron chi connectivity index (χ4n) is 1.64. The zero-order valence-electron chi connectivity index (χ0n) is 11.3. The van der Waals surface area contributed by atoms with E-state index >= 15 is 0 Å². The van der Waals surface area contributed by atoms with Crippen LogP contribution in [0, 0.1) is 12.3 Å². The molecule has 19 heavy (non-hydrogen) atoms. The minimum Gasteiger partial charge on any atom is -0.332 e. The molecule has 1 amide bonds. The number of hydroxylamine groups is 1. The minimum atomic E-state index is -0.835.